The SMILES string of the molecule is Cc1cccc(C)c1N1C(=O)[C@@H]2CCC(=O)N2[P@]1Oc1ccccc1. The summed E-state index contributed by atoms with van der Waals surface area (Å²) in [6.07, 6.45) is 0.976. The third-order valence-electron chi connectivity index (χ3n) is 4.61. The summed E-state index contributed by atoms with van der Waals surface area (Å²) in [4.78, 5) is 25.5. The number of para-hydroxylation sites is 2. The lowest BCUT2D eigenvalue weighted by Gasteiger charge is -2.29. The van der Waals surface area contributed by atoms with E-state index in [0.29, 0.717) is 18.6 Å². The number of nitrogens with zero attached hydrogens (tertiary/aromatic N) is 2. The molecule has 4 rings (SSSR count). The predicted octanol–water partition coefficient (Wildman–Crippen LogP) is 3.95. The molecular formula is C19H19N2O3P. The minimum absolute atomic E-state index is 0.00544. The van der Waals surface area contributed by atoms with Crippen molar-refractivity contribution in [3.05, 3.63) is 59.7 Å². The van der Waals surface area contributed by atoms with Gasteiger partial charge in [-0.15, -0.1) is 0 Å². The quantitative estimate of drug-likeness (QED) is 0.785. The van der Waals surface area contributed by atoms with Gasteiger partial charge in [0, 0.05) is 6.42 Å². The molecule has 6 heteroatoms. The first-order valence-electron chi connectivity index (χ1n) is 8.33. The van der Waals surface area contributed by atoms with Crippen molar-refractivity contribution >= 4 is 26.0 Å². The minimum atomic E-state index is -1.55. The van der Waals surface area contributed by atoms with E-state index in [1.807, 2.05) is 62.4 Å². The van der Waals surface area contributed by atoms with Gasteiger partial charge >= 0.3 is 8.45 Å². The Hall–Kier alpha value is -2.39. The lowest BCUT2D eigenvalue weighted by molar-refractivity contribution is -0.127. The average Bonchev–Trinajstić information content (AvgIpc) is 3.10. The van der Waals surface area contributed by atoms with Crippen molar-refractivity contribution in [1.29, 1.82) is 0 Å². The number of hydrogen-bond donors (Lipinski definition) is 0. The van der Waals surface area contributed by atoms with Crippen LogP contribution in [0.15, 0.2) is 48.5 Å². The summed E-state index contributed by atoms with van der Waals surface area (Å²) in [5.74, 6) is 0.623. The highest BCUT2D eigenvalue weighted by atomic mass is 31.2. The van der Waals surface area contributed by atoms with Crippen LogP contribution in [0.25, 0.3) is 0 Å². The highest BCUT2D eigenvalue weighted by Crippen LogP contribution is 2.58. The van der Waals surface area contributed by atoms with Gasteiger partial charge in [-0.25, -0.2) is 4.67 Å². The highest BCUT2D eigenvalue weighted by Gasteiger charge is 2.55. The second kappa shape index (κ2) is 6.16. The van der Waals surface area contributed by atoms with Crippen molar-refractivity contribution in [2.24, 2.45) is 0 Å². The van der Waals surface area contributed by atoms with Crippen LogP contribution in [0.2, 0.25) is 0 Å². The first-order valence-corrected chi connectivity index (χ1v) is 9.49. The zero-order valence-corrected chi connectivity index (χ0v) is 15.1. The van der Waals surface area contributed by atoms with E-state index in [9.17, 15) is 9.59 Å². The van der Waals surface area contributed by atoms with E-state index in [1.165, 1.54) is 0 Å². The maximum absolute atomic E-state index is 13.1. The molecule has 2 heterocycles. The van der Waals surface area contributed by atoms with Gasteiger partial charge in [-0.1, -0.05) is 36.4 Å². The Bertz CT molecular complexity index is 820. The molecule has 5 nitrogen and oxygen atoms in total. The van der Waals surface area contributed by atoms with Crippen LogP contribution in [0.3, 0.4) is 0 Å². The summed E-state index contributed by atoms with van der Waals surface area (Å²) < 4.78 is 9.56. The summed E-state index contributed by atoms with van der Waals surface area (Å²) >= 11 is 0. The van der Waals surface area contributed by atoms with Crippen molar-refractivity contribution in [3.8, 4) is 5.75 Å². The predicted molar refractivity (Wildman–Crippen MR) is 97.3 cm³/mol. The minimum Gasteiger partial charge on any atom is -0.436 e. The number of anilines is 1. The number of amides is 2. The van der Waals surface area contributed by atoms with Crippen LogP contribution in [-0.2, 0) is 9.59 Å². The molecule has 0 radical (unpaired) electrons. The molecule has 0 unspecified atom stereocenters. The molecule has 2 fully saturated rings. The number of aryl methyl sites for hydroxylation is 2. The van der Waals surface area contributed by atoms with Gasteiger partial charge in [0.25, 0.3) is 5.91 Å². The van der Waals surface area contributed by atoms with Crippen LogP contribution in [0.1, 0.15) is 24.0 Å². The Kier molecular flexibility index (Phi) is 3.97. The molecule has 2 aromatic rings. The van der Waals surface area contributed by atoms with E-state index in [0.717, 1.165) is 16.8 Å². The maximum atomic E-state index is 13.1. The van der Waals surface area contributed by atoms with E-state index in [1.54, 1.807) is 9.34 Å². The molecule has 0 N–H and O–H groups in total. The Labute approximate surface area is 148 Å². The maximum Gasteiger partial charge on any atom is 0.320 e. The van der Waals surface area contributed by atoms with Crippen molar-refractivity contribution in [2.75, 3.05) is 4.67 Å². The molecule has 0 saturated carbocycles. The van der Waals surface area contributed by atoms with Gasteiger partial charge in [-0.05, 0) is 43.5 Å². The fourth-order valence-electron chi connectivity index (χ4n) is 3.43. The molecule has 2 aliphatic heterocycles. The Morgan fingerprint density at radius 2 is 1.68 bits per heavy atom. The molecule has 0 aliphatic carbocycles. The normalized spacial score (nSPS) is 22.5. The molecule has 2 saturated heterocycles. The monoisotopic (exact) mass is 354 g/mol. The van der Waals surface area contributed by atoms with Gasteiger partial charge in [-0.2, -0.15) is 0 Å². The molecule has 0 spiro atoms. The lowest BCUT2D eigenvalue weighted by atomic mass is 10.1. The van der Waals surface area contributed by atoms with E-state index in [2.05, 4.69) is 0 Å². The largest absolute Gasteiger partial charge is 0.436 e. The first-order chi connectivity index (χ1) is 12.1. The molecule has 2 amide bonds. The summed E-state index contributed by atoms with van der Waals surface area (Å²) in [5.41, 5.74) is 2.87. The van der Waals surface area contributed by atoms with Gasteiger partial charge < -0.3 is 4.52 Å². The third-order valence-corrected chi connectivity index (χ3v) is 6.60. The number of rotatable bonds is 3. The van der Waals surface area contributed by atoms with Gasteiger partial charge in [0.2, 0.25) is 5.91 Å². The Morgan fingerprint density at radius 3 is 2.36 bits per heavy atom. The van der Waals surface area contributed by atoms with Crippen LogP contribution < -0.4 is 9.19 Å². The van der Waals surface area contributed by atoms with Crippen molar-refractivity contribution in [1.82, 2.24) is 4.67 Å². The number of benzene rings is 2. The van der Waals surface area contributed by atoms with E-state index >= 15 is 0 Å². The van der Waals surface area contributed by atoms with Crippen LogP contribution in [0.4, 0.5) is 5.69 Å². The van der Waals surface area contributed by atoms with E-state index in [-0.39, 0.29) is 11.8 Å². The van der Waals surface area contributed by atoms with Gasteiger partial charge in [0.05, 0.1) is 5.69 Å². The highest BCUT2D eigenvalue weighted by molar-refractivity contribution is 7.55. The summed E-state index contributed by atoms with van der Waals surface area (Å²) in [6, 6.07) is 14.9. The molecular weight excluding hydrogens is 335 g/mol. The second-order valence-corrected chi connectivity index (χ2v) is 7.86. The third kappa shape index (κ3) is 2.59. The number of carbonyl (C=O) groups excluding carboxylic acids is 2. The molecule has 25 heavy (non-hydrogen) atoms. The molecule has 0 aromatic heterocycles. The van der Waals surface area contributed by atoms with Crippen LogP contribution in [0, 0.1) is 13.8 Å². The molecule has 2 aromatic carbocycles. The average molecular weight is 354 g/mol. The van der Waals surface area contributed by atoms with Crippen LogP contribution in [-0.4, -0.2) is 22.5 Å². The summed E-state index contributed by atoms with van der Waals surface area (Å²) in [7, 11) is -1.55. The van der Waals surface area contributed by atoms with Crippen molar-refractivity contribution in [2.45, 2.75) is 32.7 Å². The summed E-state index contributed by atoms with van der Waals surface area (Å²) in [6.45, 7) is 3.97. The van der Waals surface area contributed by atoms with Gasteiger partial charge in [-0.3, -0.25) is 14.3 Å². The molecule has 2 atom stereocenters. The van der Waals surface area contributed by atoms with Crippen LogP contribution >= 0.6 is 8.45 Å². The zero-order valence-electron chi connectivity index (χ0n) is 14.2. The smallest absolute Gasteiger partial charge is 0.320 e. The van der Waals surface area contributed by atoms with Gasteiger partial charge in [0.1, 0.15) is 11.8 Å². The van der Waals surface area contributed by atoms with E-state index in [4.69, 9.17) is 4.52 Å². The topological polar surface area (TPSA) is 49.9 Å². The standard InChI is InChI=1S/C19H19N2O3P/c1-13-7-6-8-14(2)18(13)21-19(23)16-11-12-17(22)20(16)25(21)24-15-9-4-3-5-10-15/h3-10,16H,11-12H2,1-2H3/t16-,25-/m0/s1. The Morgan fingerprint density at radius 1 is 1.00 bits per heavy atom. The molecule has 0 bridgehead atoms. The summed E-state index contributed by atoms with van der Waals surface area (Å²) in [5, 5.41) is 0. The number of carbonyl (C=O) groups is 2. The van der Waals surface area contributed by atoms with E-state index < -0.39 is 14.5 Å². The number of fused-ring (bicyclic) bond motifs is 1. The fraction of sp³-hybridized carbons (Fsp3) is 0.263. The molecule has 2 aliphatic rings. The first kappa shape index (κ1) is 16.1. The molecule has 128 valence electrons. The Balaban J connectivity index is 1.80. The fourth-order valence-corrected chi connectivity index (χ4v) is 5.64. The van der Waals surface area contributed by atoms with Crippen molar-refractivity contribution < 1.29 is 14.1 Å². The van der Waals surface area contributed by atoms with Crippen molar-refractivity contribution in [3.63, 3.8) is 0 Å². The zero-order chi connectivity index (χ0) is 17.6. The lowest BCUT2D eigenvalue weighted by Crippen LogP contribution is -2.29. The number of hydrogen-bond acceptors (Lipinski definition) is 3. The van der Waals surface area contributed by atoms with Crippen LogP contribution in [0.5, 0.6) is 5.75 Å². The van der Waals surface area contributed by atoms with Gasteiger partial charge in [0.15, 0.2) is 0 Å². The second-order valence-electron chi connectivity index (χ2n) is 6.34.